The van der Waals surface area contributed by atoms with Crippen LogP contribution in [0, 0.1) is 6.92 Å². The number of aromatic nitrogens is 3. The molecule has 21 heavy (non-hydrogen) atoms. The fourth-order valence-electron chi connectivity index (χ4n) is 2.43. The van der Waals surface area contributed by atoms with Crippen molar-refractivity contribution in [1.82, 2.24) is 20.5 Å². The van der Waals surface area contributed by atoms with Gasteiger partial charge in [0.2, 0.25) is 5.03 Å². The fraction of sp³-hybridized carbons (Fsp3) is 0.500. The summed E-state index contributed by atoms with van der Waals surface area (Å²) < 4.78 is 27.5. The highest BCUT2D eigenvalue weighted by molar-refractivity contribution is 7.92. The van der Waals surface area contributed by atoms with Gasteiger partial charge in [0.05, 0.1) is 5.69 Å². The van der Waals surface area contributed by atoms with Crippen molar-refractivity contribution in [2.75, 3.05) is 11.8 Å². The average molecular weight is 327 g/mol. The summed E-state index contributed by atoms with van der Waals surface area (Å²) in [5.74, 6) is 0. The van der Waals surface area contributed by atoms with Gasteiger partial charge in [0.25, 0.3) is 10.0 Å². The van der Waals surface area contributed by atoms with E-state index in [-0.39, 0.29) is 5.03 Å². The lowest BCUT2D eigenvalue weighted by atomic mass is 10.3. The van der Waals surface area contributed by atoms with Crippen LogP contribution in [0.2, 0.25) is 0 Å². The molecule has 0 amide bonds. The van der Waals surface area contributed by atoms with Crippen LogP contribution in [0.1, 0.15) is 28.2 Å². The first-order chi connectivity index (χ1) is 10.0. The number of rotatable bonds is 5. The molecule has 0 bridgehead atoms. The van der Waals surface area contributed by atoms with Crippen molar-refractivity contribution in [2.24, 2.45) is 0 Å². The second-order valence-electron chi connectivity index (χ2n) is 5.01. The van der Waals surface area contributed by atoms with Gasteiger partial charge in [-0.25, -0.2) is 4.98 Å². The summed E-state index contributed by atoms with van der Waals surface area (Å²) in [5.41, 5.74) is 2.41. The summed E-state index contributed by atoms with van der Waals surface area (Å²) >= 11 is 1.41. The van der Waals surface area contributed by atoms with Gasteiger partial charge in [0, 0.05) is 22.7 Å². The Balaban J connectivity index is 1.89. The Morgan fingerprint density at radius 2 is 2.19 bits per heavy atom. The summed E-state index contributed by atoms with van der Waals surface area (Å²) in [4.78, 5) is 5.54. The first-order valence-corrected chi connectivity index (χ1v) is 9.01. The molecule has 114 valence electrons. The molecule has 1 aliphatic carbocycles. The molecule has 0 aromatic carbocycles. The van der Waals surface area contributed by atoms with Gasteiger partial charge in [-0.15, -0.1) is 11.3 Å². The number of fused-ring (bicyclic) bond motifs is 1. The van der Waals surface area contributed by atoms with Gasteiger partial charge in [-0.1, -0.05) is 0 Å². The lowest BCUT2D eigenvalue weighted by Gasteiger charge is -2.05. The van der Waals surface area contributed by atoms with Crippen LogP contribution >= 0.6 is 11.3 Å². The van der Waals surface area contributed by atoms with Gasteiger partial charge in [-0.2, -0.15) is 13.5 Å². The quantitative estimate of drug-likeness (QED) is 0.766. The van der Waals surface area contributed by atoms with Crippen molar-refractivity contribution in [3.05, 3.63) is 21.8 Å². The van der Waals surface area contributed by atoms with Crippen molar-refractivity contribution < 1.29 is 8.42 Å². The molecule has 2 heterocycles. The van der Waals surface area contributed by atoms with Crippen LogP contribution < -0.4 is 10.0 Å². The first kappa shape index (κ1) is 14.5. The van der Waals surface area contributed by atoms with E-state index in [0.29, 0.717) is 17.2 Å². The van der Waals surface area contributed by atoms with Crippen LogP contribution in [0.3, 0.4) is 0 Å². The zero-order valence-electron chi connectivity index (χ0n) is 11.9. The lowest BCUT2D eigenvalue weighted by molar-refractivity contribution is 0.595. The molecule has 0 radical (unpaired) electrons. The van der Waals surface area contributed by atoms with Crippen LogP contribution in [0.15, 0.2) is 5.03 Å². The van der Waals surface area contributed by atoms with E-state index in [9.17, 15) is 8.42 Å². The molecule has 0 aliphatic heterocycles. The molecular weight excluding hydrogens is 310 g/mol. The maximum absolute atomic E-state index is 12.5. The normalized spacial score (nSPS) is 14.4. The molecule has 0 spiro atoms. The highest BCUT2D eigenvalue weighted by Crippen LogP contribution is 2.31. The van der Waals surface area contributed by atoms with E-state index in [2.05, 4.69) is 25.2 Å². The van der Waals surface area contributed by atoms with Crippen molar-refractivity contribution in [3.8, 4) is 0 Å². The first-order valence-electron chi connectivity index (χ1n) is 6.71. The predicted molar refractivity (Wildman–Crippen MR) is 81.0 cm³/mol. The zero-order valence-corrected chi connectivity index (χ0v) is 13.5. The predicted octanol–water partition coefficient (Wildman–Crippen LogP) is 1.18. The van der Waals surface area contributed by atoms with Gasteiger partial charge in [-0.05, 0) is 33.2 Å². The zero-order chi connectivity index (χ0) is 15.0. The number of nitrogens with zero attached hydrogens (tertiary/aromatic N) is 2. The Bertz CT molecular complexity index is 741. The molecule has 2 aromatic rings. The minimum absolute atomic E-state index is 0.0321. The van der Waals surface area contributed by atoms with Crippen molar-refractivity contribution in [3.63, 3.8) is 0 Å². The number of nitrogens with one attached hydrogen (secondary N) is 3. The van der Waals surface area contributed by atoms with Crippen LogP contribution in [0.5, 0.6) is 0 Å². The molecule has 2 aromatic heterocycles. The van der Waals surface area contributed by atoms with E-state index in [0.717, 1.165) is 30.7 Å². The molecule has 0 unspecified atom stereocenters. The lowest BCUT2D eigenvalue weighted by Crippen LogP contribution is -2.17. The maximum atomic E-state index is 12.5. The minimum Gasteiger partial charge on any atom is -0.316 e. The molecule has 0 fully saturated rings. The molecule has 7 nitrogen and oxygen atoms in total. The Morgan fingerprint density at radius 3 is 2.90 bits per heavy atom. The van der Waals surface area contributed by atoms with Gasteiger partial charge < -0.3 is 5.32 Å². The van der Waals surface area contributed by atoms with Crippen LogP contribution in [0.4, 0.5) is 5.13 Å². The van der Waals surface area contributed by atoms with Gasteiger partial charge >= 0.3 is 0 Å². The average Bonchev–Trinajstić information content (AvgIpc) is 3.05. The largest absolute Gasteiger partial charge is 0.316 e. The molecule has 0 saturated heterocycles. The standard InChI is InChI=1S/C12H17N5O2S2/c1-7-8(6-13-2)11(16-15-7)21(18,19)17-12-14-9-4-3-5-10(9)20-12/h13H,3-6H2,1-2H3,(H,14,17)(H,15,16). The number of anilines is 1. The summed E-state index contributed by atoms with van der Waals surface area (Å²) in [6, 6.07) is 0. The van der Waals surface area contributed by atoms with Crippen molar-refractivity contribution >= 4 is 26.5 Å². The summed E-state index contributed by atoms with van der Waals surface area (Å²) in [7, 11) is -1.95. The highest BCUT2D eigenvalue weighted by atomic mass is 32.2. The van der Waals surface area contributed by atoms with Crippen LogP contribution in [-0.4, -0.2) is 30.6 Å². The number of sulfonamides is 1. The number of hydrogen-bond acceptors (Lipinski definition) is 6. The van der Waals surface area contributed by atoms with Crippen LogP contribution in [0.25, 0.3) is 0 Å². The molecule has 1 aliphatic rings. The summed E-state index contributed by atoms with van der Waals surface area (Å²) in [6.07, 6.45) is 3.02. The Labute approximate surface area is 127 Å². The number of aromatic amines is 1. The third kappa shape index (κ3) is 2.68. The Hall–Kier alpha value is -1.45. The van der Waals surface area contributed by atoms with E-state index >= 15 is 0 Å². The van der Waals surface area contributed by atoms with E-state index < -0.39 is 10.0 Å². The number of H-pyrrole nitrogens is 1. The highest BCUT2D eigenvalue weighted by Gasteiger charge is 2.26. The van der Waals surface area contributed by atoms with Crippen LogP contribution in [-0.2, 0) is 29.4 Å². The molecule has 3 rings (SSSR count). The molecule has 3 N–H and O–H groups in total. The fourth-order valence-corrected chi connectivity index (χ4v) is 4.92. The second-order valence-corrected chi connectivity index (χ2v) is 7.69. The SMILES string of the molecule is CNCc1c(S(=O)(=O)Nc2nc3c(s2)CCC3)n[nH]c1C. The summed E-state index contributed by atoms with van der Waals surface area (Å²) in [6.45, 7) is 2.24. The third-order valence-electron chi connectivity index (χ3n) is 3.46. The van der Waals surface area contributed by atoms with Crippen molar-refractivity contribution in [2.45, 2.75) is 37.8 Å². The van der Waals surface area contributed by atoms with E-state index in [1.54, 1.807) is 14.0 Å². The van der Waals surface area contributed by atoms with Gasteiger partial charge in [0.1, 0.15) is 0 Å². The van der Waals surface area contributed by atoms with Gasteiger partial charge in [0.15, 0.2) is 5.13 Å². The summed E-state index contributed by atoms with van der Waals surface area (Å²) in [5, 5.41) is 10.1. The molecule has 0 atom stereocenters. The molecule has 0 saturated carbocycles. The Morgan fingerprint density at radius 1 is 1.38 bits per heavy atom. The number of aryl methyl sites for hydroxylation is 3. The minimum atomic E-state index is -3.72. The Kier molecular flexibility index (Phi) is 3.72. The smallest absolute Gasteiger partial charge is 0.283 e. The topological polar surface area (TPSA) is 99.8 Å². The van der Waals surface area contributed by atoms with Gasteiger partial charge in [-0.3, -0.25) is 9.82 Å². The number of thiazole rings is 1. The molecular formula is C12H17N5O2S2. The maximum Gasteiger partial charge on any atom is 0.283 e. The number of hydrogen-bond donors (Lipinski definition) is 3. The van der Waals surface area contributed by atoms with E-state index in [4.69, 9.17) is 0 Å². The monoisotopic (exact) mass is 327 g/mol. The van der Waals surface area contributed by atoms with Crippen molar-refractivity contribution in [1.29, 1.82) is 0 Å². The van der Waals surface area contributed by atoms with E-state index in [1.165, 1.54) is 16.2 Å². The second kappa shape index (κ2) is 5.39. The molecule has 9 heteroatoms. The third-order valence-corrected chi connectivity index (χ3v) is 5.97. The van der Waals surface area contributed by atoms with E-state index in [1.807, 2.05) is 0 Å².